The molecule has 2 aliphatic rings. The van der Waals surface area contributed by atoms with Gasteiger partial charge >= 0.3 is 6.09 Å². The maximum absolute atomic E-state index is 13.7. The van der Waals surface area contributed by atoms with Gasteiger partial charge in [0, 0.05) is 17.5 Å². The van der Waals surface area contributed by atoms with Crippen LogP contribution in [-0.4, -0.2) is 39.4 Å². The first kappa shape index (κ1) is 41.2. The van der Waals surface area contributed by atoms with E-state index in [0.29, 0.717) is 28.7 Å². The van der Waals surface area contributed by atoms with Gasteiger partial charge in [-0.15, -0.1) is 0 Å². The van der Waals surface area contributed by atoms with Crippen molar-refractivity contribution in [3.05, 3.63) is 184 Å². The summed E-state index contributed by atoms with van der Waals surface area (Å²) in [4.78, 5) is 27.3. The number of fused-ring (bicyclic) bond motifs is 3. The predicted octanol–water partition coefficient (Wildman–Crippen LogP) is 11.4. The van der Waals surface area contributed by atoms with Crippen LogP contribution >= 0.6 is 0 Å². The molecule has 0 bridgehead atoms. The smallest absolute Gasteiger partial charge is 0.407 e. The van der Waals surface area contributed by atoms with Crippen LogP contribution in [0.3, 0.4) is 0 Å². The first-order valence-electron chi connectivity index (χ1n) is 21.4. The van der Waals surface area contributed by atoms with Crippen molar-refractivity contribution in [2.24, 2.45) is 0 Å². The van der Waals surface area contributed by atoms with Crippen molar-refractivity contribution >= 4 is 12.0 Å². The summed E-state index contributed by atoms with van der Waals surface area (Å²) in [5, 5.41) is 6.33. The number of nitrogens with one attached hydrogen (secondary N) is 2. The Morgan fingerprint density at radius 1 is 0.623 bits per heavy atom. The van der Waals surface area contributed by atoms with E-state index < -0.39 is 12.1 Å². The van der Waals surface area contributed by atoms with E-state index in [1.54, 1.807) is 32.4 Å². The van der Waals surface area contributed by atoms with Crippen LogP contribution in [0.25, 0.3) is 11.1 Å². The van der Waals surface area contributed by atoms with Gasteiger partial charge in [0.05, 0.1) is 26.3 Å². The Hall–Kier alpha value is -6.54. The van der Waals surface area contributed by atoms with Gasteiger partial charge in [0.15, 0.2) is 6.61 Å². The lowest BCUT2D eigenvalue weighted by molar-refractivity contribution is -0.123. The van der Waals surface area contributed by atoms with Crippen molar-refractivity contribution in [2.75, 3.05) is 27.4 Å². The fourth-order valence-electron chi connectivity index (χ4n) is 8.95. The molecular weight excluding hydrogens is 761 g/mol. The highest BCUT2D eigenvalue weighted by Gasteiger charge is 2.30. The van der Waals surface area contributed by atoms with Gasteiger partial charge in [0.2, 0.25) is 0 Å². The quantitative estimate of drug-likeness (QED) is 0.106. The normalized spacial score (nSPS) is 14.7. The van der Waals surface area contributed by atoms with E-state index in [-0.39, 0.29) is 31.1 Å². The SMILES string of the molecule is COc1ccc(C(NC(=O)OCC2c3ccccc3-c3ccccc32)c2ccc(OCC(=O)NC(c3ccc(C)cc3)c3ccc(C4CCCCCC4)cc3)cc2)c(OC)c1. The summed E-state index contributed by atoms with van der Waals surface area (Å²) in [6.07, 6.45) is 7.12. The van der Waals surface area contributed by atoms with Gasteiger partial charge in [-0.05, 0) is 94.5 Å². The molecule has 312 valence electrons. The summed E-state index contributed by atoms with van der Waals surface area (Å²) in [7, 11) is 3.18. The van der Waals surface area contributed by atoms with Crippen LogP contribution in [0.15, 0.2) is 140 Å². The second-order valence-electron chi connectivity index (χ2n) is 16.1. The molecule has 8 rings (SSSR count). The molecule has 1 fully saturated rings. The molecule has 2 atom stereocenters. The summed E-state index contributed by atoms with van der Waals surface area (Å²) in [5.41, 5.74) is 10.7. The number of ether oxygens (including phenoxy) is 4. The fraction of sp³-hybridized carbons (Fsp3) is 0.283. The highest BCUT2D eigenvalue weighted by atomic mass is 16.5. The maximum Gasteiger partial charge on any atom is 0.407 e. The van der Waals surface area contributed by atoms with E-state index in [1.807, 2.05) is 48.5 Å². The second kappa shape index (κ2) is 19.2. The van der Waals surface area contributed by atoms with Gasteiger partial charge < -0.3 is 29.6 Å². The van der Waals surface area contributed by atoms with Gasteiger partial charge in [-0.25, -0.2) is 4.79 Å². The first-order valence-corrected chi connectivity index (χ1v) is 21.4. The minimum atomic E-state index is -0.641. The lowest BCUT2D eigenvalue weighted by Gasteiger charge is -2.23. The minimum Gasteiger partial charge on any atom is -0.497 e. The Balaban J connectivity index is 0.957. The fourth-order valence-corrected chi connectivity index (χ4v) is 8.95. The standard InChI is InChI=1S/C53H54N2O6/c1-35-18-20-38(21-19-35)51(39-24-22-37(23-25-39)36-12-6-4-5-7-13-36)54-50(56)34-60-41-28-26-40(27-29-41)52(47-31-30-42(58-2)32-49(47)59-3)55-53(57)61-33-48-45-16-10-8-14-43(45)44-15-9-11-17-46(44)48/h8-11,14-32,36,48,51-52H,4-7,12-13,33-34H2,1-3H3,(H,54,56)(H,55,57). The molecule has 61 heavy (non-hydrogen) atoms. The van der Waals surface area contributed by atoms with Gasteiger partial charge in [0.25, 0.3) is 5.91 Å². The van der Waals surface area contributed by atoms with E-state index >= 15 is 0 Å². The van der Waals surface area contributed by atoms with Crippen LogP contribution in [0.1, 0.15) is 107 Å². The van der Waals surface area contributed by atoms with Gasteiger partial charge in [-0.1, -0.05) is 140 Å². The zero-order valence-electron chi connectivity index (χ0n) is 35.2. The predicted molar refractivity (Wildman–Crippen MR) is 240 cm³/mol. The minimum absolute atomic E-state index is 0.0793. The molecule has 0 radical (unpaired) electrons. The molecule has 0 saturated heterocycles. The number of methoxy groups -OCH3 is 2. The molecule has 6 aromatic rings. The van der Waals surface area contributed by atoms with Crippen LogP contribution in [0.2, 0.25) is 0 Å². The van der Waals surface area contributed by atoms with Crippen molar-refractivity contribution in [1.82, 2.24) is 10.6 Å². The van der Waals surface area contributed by atoms with E-state index in [0.717, 1.165) is 44.5 Å². The second-order valence-corrected chi connectivity index (χ2v) is 16.1. The highest BCUT2D eigenvalue weighted by molar-refractivity contribution is 5.80. The molecule has 6 aromatic carbocycles. The van der Waals surface area contributed by atoms with Crippen molar-refractivity contribution < 1.29 is 28.5 Å². The number of carbonyl (C=O) groups is 2. The number of carbonyl (C=O) groups excluding carboxylic acids is 2. The van der Waals surface area contributed by atoms with Crippen LogP contribution in [0.5, 0.6) is 17.2 Å². The lowest BCUT2D eigenvalue weighted by atomic mass is 9.89. The van der Waals surface area contributed by atoms with Crippen molar-refractivity contribution in [2.45, 2.75) is 69.4 Å². The van der Waals surface area contributed by atoms with Gasteiger partial charge in [-0.3, -0.25) is 4.79 Å². The number of benzene rings is 6. The average Bonchev–Trinajstić information content (AvgIpc) is 3.40. The zero-order chi connectivity index (χ0) is 42.1. The summed E-state index contributed by atoms with van der Waals surface area (Å²) >= 11 is 0. The molecule has 0 heterocycles. The number of hydrogen-bond acceptors (Lipinski definition) is 6. The Morgan fingerprint density at radius 2 is 1.20 bits per heavy atom. The summed E-state index contributed by atoms with van der Waals surface area (Å²) in [5.74, 6) is 1.97. The first-order chi connectivity index (χ1) is 29.9. The number of hydrogen-bond donors (Lipinski definition) is 2. The molecule has 0 aromatic heterocycles. The molecule has 8 nitrogen and oxygen atoms in total. The largest absolute Gasteiger partial charge is 0.497 e. The van der Waals surface area contributed by atoms with Crippen molar-refractivity contribution in [3.8, 4) is 28.4 Å². The maximum atomic E-state index is 13.7. The van der Waals surface area contributed by atoms with Gasteiger partial charge in [-0.2, -0.15) is 0 Å². The Bertz CT molecular complexity index is 2370. The summed E-state index contributed by atoms with van der Waals surface area (Å²) in [6.45, 7) is 2.07. The molecule has 8 heteroatoms. The zero-order valence-corrected chi connectivity index (χ0v) is 35.2. The monoisotopic (exact) mass is 814 g/mol. The van der Waals surface area contributed by atoms with Crippen LogP contribution < -0.4 is 24.8 Å². The topological polar surface area (TPSA) is 95.1 Å². The highest BCUT2D eigenvalue weighted by Crippen LogP contribution is 2.45. The number of aryl methyl sites for hydroxylation is 1. The molecule has 2 aliphatic carbocycles. The molecule has 0 aliphatic heterocycles. The molecule has 2 N–H and O–H groups in total. The number of rotatable bonds is 14. The van der Waals surface area contributed by atoms with E-state index in [9.17, 15) is 9.59 Å². The Kier molecular flexibility index (Phi) is 13.0. The number of alkyl carbamates (subject to hydrolysis) is 1. The van der Waals surface area contributed by atoms with Crippen LogP contribution in [-0.2, 0) is 9.53 Å². The van der Waals surface area contributed by atoms with Crippen molar-refractivity contribution in [1.29, 1.82) is 0 Å². The third-order valence-electron chi connectivity index (χ3n) is 12.3. The molecule has 2 unspecified atom stereocenters. The molecule has 2 amide bonds. The Labute approximate surface area is 359 Å². The van der Waals surface area contributed by atoms with Crippen LogP contribution in [0.4, 0.5) is 4.79 Å². The molecular formula is C53H54N2O6. The third kappa shape index (κ3) is 9.60. The molecule has 1 saturated carbocycles. The third-order valence-corrected chi connectivity index (χ3v) is 12.3. The lowest BCUT2D eigenvalue weighted by Crippen LogP contribution is -2.33. The van der Waals surface area contributed by atoms with Gasteiger partial charge in [0.1, 0.15) is 23.9 Å². The summed E-state index contributed by atoms with van der Waals surface area (Å²) in [6, 6.07) is 45.5. The van der Waals surface area contributed by atoms with E-state index in [4.69, 9.17) is 18.9 Å². The Morgan fingerprint density at radius 3 is 1.82 bits per heavy atom. The number of amides is 2. The van der Waals surface area contributed by atoms with E-state index in [2.05, 4.69) is 90.4 Å². The average molecular weight is 815 g/mol. The molecule has 0 spiro atoms. The van der Waals surface area contributed by atoms with Crippen LogP contribution in [0, 0.1) is 6.92 Å². The summed E-state index contributed by atoms with van der Waals surface area (Å²) < 4.78 is 23.3. The van der Waals surface area contributed by atoms with Crippen molar-refractivity contribution in [3.63, 3.8) is 0 Å². The van der Waals surface area contributed by atoms with E-state index in [1.165, 1.54) is 44.1 Å².